The van der Waals surface area contributed by atoms with Gasteiger partial charge in [0.1, 0.15) is 0 Å². The van der Waals surface area contributed by atoms with E-state index in [0.29, 0.717) is 5.75 Å². The van der Waals surface area contributed by atoms with E-state index in [1.54, 1.807) is 12.4 Å². The van der Waals surface area contributed by atoms with Gasteiger partial charge >= 0.3 is 5.97 Å². The second-order valence-corrected chi connectivity index (χ2v) is 4.07. The highest BCUT2D eigenvalue weighted by atomic mass is 32.2. The lowest BCUT2D eigenvalue weighted by Gasteiger charge is -1.99. The van der Waals surface area contributed by atoms with Gasteiger partial charge in [0.15, 0.2) is 5.65 Å². The van der Waals surface area contributed by atoms with Gasteiger partial charge in [0.2, 0.25) is 0 Å². The number of pyridine rings is 1. The predicted octanol–water partition coefficient (Wildman–Crippen LogP) is 1.52. The SMILES string of the molecule is O=C(O)CCSc1ccnc2[nH]ncc12. The molecule has 0 spiro atoms. The summed E-state index contributed by atoms with van der Waals surface area (Å²) in [6.07, 6.45) is 3.54. The molecule has 78 valence electrons. The molecule has 0 amide bonds. The quantitative estimate of drug-likeness (QED) is 0.768. The molecule has 2 rings (SSSR count). The molecule has 0 atom stereocenters. The van der Waals surface area contributed by atoms with Crippen molar-refractivity contribution in [2.45, 2.75) is 11.3 Å². The first-order chi connectivity index (χ1) is 7.27. The number of rotatable bonds is 4. The lowest BCUT2D eigenvalue weighted by atomic mass is 10.4. The summed E-state index contributed by atoms with van der Waals surface area (Å²) >= 11 is 1.50. The number of H-pyrrole nitrogens is 1. The Morgan fingerprint density at radius 2 is 2.47 bits per heavy atom. The number of carbonyl (C=O) groups is 1. The largest absolute Gasteiger partial charge is 0.481 e. The van der Waals surface area contributed by atoms with E-state index in [-0.39, 0.29) is 6.42 Å². The van der Waals surface area contributed by atoms with E-state index >= 15 is 0 Å². The highest BCUT2D eigenvalue weighted by Gasteiger charge is 2.05. The first-order valence-corrected chi connectivity index (χ1v) is 5.38. The van der Waals surface area contributed by atoms with Crippen molar-refractivity contribution in [3.8, 4) is 0 Å². The van der Waals surface area contributed by atoms with Crippen LogP contribution in [0.4, 0.5) is 0 Å². The van der Waals surface area contributed by atoms with Crippen LogP contribution in [0.1, 0.15) is 6.42 Å². The fourth-order valence-electron chi connectivity index (χ4n) is 1.20. The molecular weight excluding hydrogens is 214 g/mol. The second kappa shape index (κ2) is 4.31. The number of hydrogen-bond donors (Lipinski definition) is 2. The number of nitrogens with zero attached hydrogens (tertiary/aromatic N) is 2. The highest BCUT2D eigenvalue weighted by Crippen LogP contribution is 2.25. The fourth-order valence-corrected chi connectivity index (χ4v) is 2.16. The summed E-state index contributed by atoms with van der Waals surface area (Å²) < 4.78 is 0. The van der Waals surface area contributed by atoms with Crippen LogP contribution in [-0.2, 0) is 4.79 Å². The van der Waals surface area contributed by atoms with Crippen LogP contribution in [0.3, 0.4) is 0 Å². The topological polar surface area (TPSA) is 78.9 Å². The number of thioether (sulfide) groups is 1. The monoisotopic (exact) mass is 223 g/mol. The van der Waals surface area contributed by atoms with E-state index in [1.165, 1.54) is 11.8 Å². The van der Waals surface area contributed by atoms with Crippen molar-refractivity contribution in [3.05, 3.63) is 18.5 Å². The molecule has 2 N–H and O–H groups in total. The van der Waals surface area contributed by atoms with Gasteiger partial charge in [-0.25, -0.2) is 4.98 Å². The Hall–Kier alpha value is -1.56. The molecule has 0 aliphatic carbocycles. The number of hydrogen-bond acceptors (Lipinski definition) is 4. The minimum Gasteiger partial charge on any atom is -0.481 e. The van der Waals surface area contributed by atoms with Crippen LogP contribution in [0.25, 0.3) is 11.0 Å². The molecule has 0 radical (unpaired) electrons. The number of nitrogens with one attached hydrogen (secondary N) is 1. The number of aliphatic carboxylic acids is 1. The molecule has 0 unspecified atom stereocenters. The van der Waals surface area contributed by atoms with Crippen LogP contribution in [0.15, 0.2) is 23.4 Å². The molecule has 2 aromatic heterocycles. The van der Waals surface area contributed by atoms with Gasteiger partial charge in [-0.3, -0.25) is 9.89 Å². The first kappa shape index (κ1) is 9.97. The fraction of sp³-hybridized carbons (Fsp3) is 0.222. The summed E-state index contributed by atoms with van der Waals surface area (Å²) in [5.74, 6) is -0.223. The molecule has 0 bridgehead atoms. The highest BCUT2D eigenvalue weighted by molar-refractivity contribution is 7.99. The van der Waals surface area contributed by atoms with Crippen LogP contribution in [0.5, 0.6) is 0 Å². The molecule has 6 heteroatoms. The standard InChI is InChI=1S/C9H9N3O2S/c13-8(14)2-4-15-7-1-3-10-9-6(7)5-11-12-9/h1,3,5H,2,4H2,(H,13,14)(H,10,11,12). The summed E-state index contributed by atoms with van der Waals surface area (Å²) in [6.45, 7) is 0. The van der Waals surface area contributed by atoms with Gasteiger partial charge < -0.3 is 5.11 Å². The molecule has 0 fully saturated rings. The summed E-state index contributed by atoms with van der Waals surface area (Å²) in [5.41, 5.74) is 0.732. The van der Waals surface area contributed by atoms with Gasteiger partial charge in [-0.2, -0.15) is 5.10 Å². The number of carboxylic acid groups (broad SMARTS) is 1. The number of carboxylic acids is 1. The van der Waals surface area contributed by atoms with Crippen molar-refractivity contribution in [1.82, 2.24) is 15.2 Å². The van der Waals surface area contributed by atoms with Crippen molar-refractivity contribution in [3.63, 3.8) is 0 Å². The molecule has 0 saturated carbocycles. The Kier molecular flexibility index (Phi) is 2.86. The third kappa shape index (κ3) is 2.27. The van der Waals surface area contributed by atoms with Crippen molar-refractivity contribution in [2.75, 3.05) is 5.75 Å². The van der Waals surface area contributed by atoms with Crippen LogP contribution >= 0.6 is 11.8 Å². The maximum atomic E-state index is 10.4. The predicted molar refractivity (Wildman–Crippen MR) is 56.9 cm³/mol. The Balaban J connectivity index is 2.13. The van der Waals surface area contributed by atoms with E-state index in [9.17, 15) is 4.79 Å². The van der Waals surface area contributed by atoms with E-state index in [4.69, 9.17) is 5.11 Å². The smallest absolute Gasteiger partial charge is 0.304 e. The molecule has 0 saturated heterocycles. The van der Waals surface area contributed by atoms with Crippen LogP contribution < -0.4 is 0 Å². The van der Waals surface area contributed by atoms with E-state index in [1.807, 2.05) is 6.07 Å². The summed E-state index contributed by atoms with van der Waals surface area (Å²) in [7, 11) is 0. The Labute approximate surface area is 89.9 Å². The van der Waals surface area contributed by atoms with Crippen molar-refractivity contribution < 1.29 is 9.90 Å². The van der Waals surface area contributed by atoms with Gasteiger partial charge in [0, 0.05) is 16.8 Å². The zero-order valence-corrected chi connectivity index (χ0v) is 8.62. The third-order valence-corrected chi connectivity index (χ3v) is 2.96. The molecular formula is C9H9N3O2S. The maximum absolute atomic E-state index is 10.4. The van der Waals surface area contributed by atoms with Crippen LogP contribution in [-0.4, -0.2) is 32.0 Å². The Bertz CT molecular complexity index is 483. The van der Waals surface area contributed by atoms with Gasteiger partial charge in [-0.1, -0.05) is 0 Å². The van der Waals surface area contributed by atoms with Crippen molar-refractivity contribution in [2.24, 2.45) is 0 Å². The van der Waals surface area contributed by atoms with E-state index < -0.39 is 5.97 Å². The van der Waals surface area contributed by atoms with Gasteiger partial charge in [0.05, 0.1) is 18.0 Å². The van der Waals surface area contributed by atoms with Gasteiger partial charge in [-0.15, -0.1) is 11.8 Å². The lowest BCUT2D eigenvalue weighted by Crippen LogP contribution is -1.95. The maximum Gasteiger partial charge on any atom is 0.304 e. The zero-order chi connectivity index (χ0) is 10.7. The van der Waals surface area contributed by atoms with Gasteiger partial charge in [-0.05, 0) is 6.07 Å². The minimum absolute atomic E-state index is 0.159. The Morgan fingerprint density at radius 3 is 3.27 bits per heavy atom. The summed E-state index contributed by atoms with van der Waals surface area (Å²) in [6, 6.07) is 1.87. The second-order valence-electron chi connectivity index (χ2n) is 2.93. The molecule has 0 aromatic carbocycles. The average Bonchev–Trinajstić information content (AvgIpc) is 2.65. The number of aromatic nitrogens is 3. The zero-order valence-electron chi connectivity index (χ0n) is 7.80. The molecule has 0 aliphatic heterocycles. The van der Waals surface area contributed by atoms with Crippen LogP contribution in [0, 0.1) is 0 Å². The summed E-state index contributed by atoms with van der Waals surface area (Å²) in [5, 5.41) is 16.1. The Morgan fingerprint density at radius 1 is 1.60 bits per heavy atom. The third-order valence-electron chi connectivity index (χ3n) is 1.89. The molecule has 2 aromatic rings. The number of fused-ring (bicyclic) bond motifs is 1. The van der Waals surface area contributed by atoms with Gasteiger partial charge in [0.25, 0.3) is 0 Å². The van der Waals surface area contributed by atoms with E-state index in [2.05, 4.69) is 15.2 Å². The molecule has 2 heterocycles. The molecule has 5 nitrogen and oxygen atoms in total. The van der Waals surface area contributed by atoms with Crippen LogP contribution in [0.2, 0.25) is 0 Å². The normalized spacial score (nSPS) is 10.7. The van der Waals surface area contributed by atoms with E-state index in [0.717, 1.165) is 15.9 Å². The van der Waals surface area contributed by atoms with Crippen molar-refractivity contribution in [1.29, 1.82) is 0 Å². The first-order valence-electron chi connectivity index (χ1n) is 4.40. The average molecular weight is 223 g/mol. The molecule has 15 heavy (non-hydrogen) atoms. The molecule has 0 aliphatic rings. The minimum atomic E-state index is -0.778. The summed E-state index contributed by atoms with van der Waals surface area (Å²) in [4.78, 5) is 15.5. The van der Waals surface area contributed by atoms with Crippen molar-refractivity contribution >= 4 is 28.8 Å². The lowest BCUT2D eigenvalue weighted by molar-refractivity contribution is -0.136. The number of aromatic amines is 1.